The van der Waals surface area contributed by atoms with Gasteiger partial charge in [-0.1, -0.05) is 0 Å². The average Bonchev–Trinajstić information content (AvgIpc) is 3.06. The third kappa shape index (κ3) is 2.49. The van der Waals surface area contributed by atoms with Crippen molar-refractivity contribution >= 4 is 38.8 Å². The molecule has 0 spiro atoms. The van der Waals surface area contributed by atoms with Gasteiger partial charge in [0.25, 0.3) is 0 Å². The zero-order chi connectivity index (χ0) is 13.4. The standard InChI is InChI=1S/C13H16N4OS/c1-7(13(18)17-8-2-3-8)16-9-4-5-10-12(11(9)14)15-6-19-10/h4-8,16H,2-3,14H2,1H3,(H,17,18). The molecular formula is C13H16N4OS. The summed E-state index contributed by atoms with van der Waals surface area (Å²) in [6.45, 7) is 1.84. The summed E-state index contributed by atoms with van der Waals surface area (Å²) in [5, 5.41) is 6.12. The first-order chi connectivity index (χ1) is 9.15. The Hall–Kier alpha value is -1.82. The minimum absolute atomic E-state index is 0.0141. The van der Waals surface area contributed by atoms with Crippen LogP contribution in [0.25, 0.3) is 10.2 Å². The fourth-order valence-electron chi connectivity index (χ4n) is 1.93. The molecule has 19 heavy (non-hydrogen) atoms. The highest BCUT2D eigenvalue weighted by Crippen LogP contribution is 2.30. The topological polar surface area (TPSA) is 80.0 Å². The van der Waals surface area contributed by atoms with E-state index in [0.29, 0.717) is 11.7 Å². The highest BCUT2D eigenvalue weighted by molar-refractivity contribution is 7.16. The Morgan fingerprint density at radius 3 is 3.05 bits per heavy atom. The van der Waals surface area contributed by atoms with E-state index in [1.165, 1.54) is 0 Å². The monoisotopic (exact) mass is 276 g/mol. The predicted molar refractivity (Wildman–Crippen MR) is 78.3 cm³/mol. The second-order valence-electron chi connectivity index (χ2n) is 4.87. The van der Waals surface area contributed by atoms with Gasteiger partial charge in [0.2, 0.25) is 5.91 Å². The van der Waals surface area contributed by atoms with Crippen LogP contribution >= 0.6 is 11.3 Å². The van der Waals surface area contributed by atoms with Crippen LogP contribution in [0, 0.1) is 0 Å². The normalized spacial score (nSPS) is 16.3. The van der Waals surface area contributed by atoms with Gasteiger partial charge >= 0.3 is 0 Å². The minimum Gasteiger partial charge on any atom is -0.395 e. The van der Waals surface area contributed by atoms with Gasteiger partial charge in [0.15, 0.2) is 0 Å². The smallest absolute Gasteiger partial charge is 0.242 e. The number of thiazole rings is 1. The number of carbonyl (C=O) groups is 1. The van der Waals surface area contributed by atoms with Gasteiger partial charge in [0.1, 0.15) is 11.6 Å². The van der Waals surface area contributed by atoms with Crippen LogP contribution in [0.1, 0.15) is 19.8 Å². The molecule has 2 aromatic rings. The van der Waals surface area contributed by atoms with Crippen molar-refractivity contribution in [2.75, 3.05) is 11.1 Å². The van der Waals surface area contributed by atoms with Gasteiger partial charge in [0, 0.05) is 6.04 Å². The Morgan fingerprint density at radius 1 is 1.53 bits per heavy atom. The molecule has 1 aromatic carbocycles. The molecule has 1 aliphatic carbocycles. The molecule has 1 fully saturated rings. The number of nitrogen functional groups attached to an aromatic ring is 1. The van der Waals surface area contributed by atoms with Crippen LogP contribution in [-0.4, -0.2) is 23.0 Å². The molecular weight excluding hydrogens is 260 g/mol. The first-order valence-corrected chi connectivity index (χ1v) is 7.21. The SMILES string of the molecule is CC(Nc1ccc2scnc2c1N)C(=O)NC1CC1. The second kappa shape index (κ2) is 4.70. The maximum atomic E-state index is 11.9. The van der Waals surface area contributed by atoms with Gasteiger partial charge in [-0.2, -0.15) is 0 Å². The molecule has 1 aromatic heterocycles. The van der Waals surface area contributed by atoms with Gasteiger partial charge < -0.3 is 16.4 Å². The van der Waals surface area contributed by atoms with Gasteiger partial charge in [-0.15, -0.1) is 11.3 Å². The Bertz CT molecular complexity index is 620. The molecule has 1 unspecified atom stereocenters. The number of rotatable bonds is 4. The number of anilines is 2. The van der Waals surface area contributed by atoms with Crippen molar-refractivity contribution < 1.29 is 4.79 Å². The number of carbonyl (C=O) groups excluding carboxylic acids is 1. The van der Waals surface area contributed by atoms with Gasteiger partial charge in [0.05, 0.1) is 21.6 Å². The maximum absolute atomic E-state index is 11.9. The number of hydrogen-bond donors (Lipinski definition) is 3. The lowest BCUT2D eigenvalue weighted by molar-refractivity contribution is -0.121. The van der Waals surface area contributed by atoms with Crippen LogP contribution in [0.15, 0.2) is 17.6 Å². The highest BCUT2D eigenvalue weighted by atomic mass is 32.1. The van der Waals surface area contributed by atoms with Crippen LogP contribution in [0.3, 0.4) is 0 Å². The number of nitrogens with one attached hydrogen (secondary N) is 2. The second-order valence-corrected chi connectivity index (χ2v) is 5.76. The quantitative estimate of drug-likeness (QED) is 0.746. The van der Waals surface area contributed by atoms with Crippen molar-refractivity contribution in [3.05, 3.63) is 17.6 Å². The molecule has 1 amide bonds. The minimum atomic E-state index is -0.306. The third-order valence-electron chi connectivity index (χ3n) is 3.23. The largest absolute Gasteiger partial charge is 0.395 e. The van der Waals surface area contributed by atoms with Crippen LogP contribution in [-0.2, 0) is 4.79 Å². The van der Waals surface area contributed by atoms with E-state index < -0.39 is 0 Å². The summed E-state index contributed by atoms with van der Waals surface area (Å²) in [5.41, 5.74) is 10.0. The molecule has 5 nitrogen and oxygen atoms in total. The number of fused-ring (bicyclic) bond motifs is 1. The molecule has 4 N–H and O–H groups in total. The van der Waals surface area contributed by atoms with Crippen LogP contribution in [0.5, 0.6) is 0 Å². The molecule has 1 atom stereocenters. The Labute approximate surface area is 115 Å². The van der Waals surface area contributed by atoms with Crippen molar-refractivity contribution in [1.82, 2.24) is 10.3 Å². The van der Waals surface area contributed by atoms with Crippen molar-refractivity contribution in [3.63, 3.8) is 0 Å². The lowest BCUT2D eigenvalue weighted by Crippen LogP contribution is -2.38. The van der Waals surface area contributed by atoms with Gasteiger partial charge in [-0.25, -0.2) is 4.98 Å². The molecule has 0 saturated heterocycles. The molecule has 0 aliphatic heterocycles. The lowest BCUT2D eigenvalue weighted by Gasteiger charge is -2.16. The predicted octanol–water partition coefficient (Wildman–Crippen LogP) is 1.96. The number of nitrogens with two attached hydrogens (primary N) is 1. The molecule has 100 valence electrons. The van der Waals surface area contributed by atoms with Crippen molar-refractivity contribution in [1.29, 1.82) is 0 Å². The number of benzene rings is 1. The molecule has 6 heteroatoms. The van der Waals surface area contributed by atoms with Crippen molar-refractivity contribution in [2.45, 2.75) is 31.8 Å². The van der Waals surface area contributed by atoms with E-state index in [1.54, 1.807) is 16.8 Å². The van der Waals surface area contributed by atoms with Gasteiger partial charge in [-0.3, -0.25) is 4.79 Å². The molecule has 0 radical (unpaired) electrons. The first kappa shape index (κ1) is 12.2. The lowest BCUT2D eigenvalue weighted by atomic mass is 10.2. The molecule has 0 bridgehead atoms. The van der Waals surface area contributed by atoms with E-state index in [2.05, 4.69) is 15.6 Å². The molecule has 1 heterocycles. The summed E-state index contributed by atoms with van der Waals surface area (Å²) in [5.74, 6) is 0.0141. The zero-order valence-electron chi connectivity index (χ0n) is 10.6. The number of nitrogens with zero attached hydrogens (tertiary/aromatic N) is 1. The summed E-state index contributed by atoms with van der Waals surface area (Å²) < 4.78 is 1.05. The van der Waals surface area contributed by atoms with Crippen LogP contribution in [0.2, 0.25) is 0 Å². The Kier molecular flexibility index (Phi) is 3.02. The maximum Gasteiger partial charge on any atom is 0.242 e. The molecule has 1 aliphatic rings. The van der Waals surface area contributed by atoms with E-state index in [4.69, 9.17) is 5.73 Å². The third-order valence-corrected chi connectivity index (χ3v) is 4.02. The van der Waals surface area contributed by atoms with E-state index in [1.807, 2.05) is 19.1 Å². The average molecular weight is 276 g/mol. The van der Waals surface area contributed by atoms with E-state index >= 15 is 0 Å². The number of hydrogen-bond acceptors (Lipinski definition) is 5. The first-order valence-electron chi connectivity index (χ1n) is 6.33. The summed E-state index contributed by atoms with van der Waals surface area (Å²) in [6, 6.07) is 3.93. The summed E-state index contributed by atoms with van der Waals surface area (Å²) in [4.78, 5) is 16.1. The Morgan fingerprint density at radius 2 is 2.32 bits per heavy atom. The summed E-state index contributed by atoms with van der Waals surface area (Å²) in [7, 11) is 0. The fourth-order valence-corrected chi connectivity index (χ4v) is 2.62. The van der Waals surface area contributed by atoms with E-state index in [0.717, 1.165) is 28.7 Å². The molecule has 1 saturated carbocycles. The van der Waals surface area contributed by atoms with Crippen LogP contribution < -0.4 is 16.4 Å². The van der Waals surface area contributed by atoms with E-state index in [9.17, 15) is 4.79 Å². The van der Waals surface area contributed by atoms with Gasteiger partial charge in [-0.05, 0) is 31.9 Å². The van der Waals surface area contributed by atoms with Crippen LogP contribution in [0.4, 0.5) is 11.4 Å². The van der Waals surface area contributed by atoms with Crippen molar-refractivity contribution in [3.8, 4) is 0 Å². The molecule has 3 rings (SSSR count). The summed E-state index contributed by atoms with van der Waals surface area (Å²) in [6.07, 6.45) is 2.18. The number of aromatic nitrogens is 1. The summed E-state index contributed by atoms with van der Waals surface area (Å²) >= 11 is 1.55. The fraction of sp³-hybridized carbons (Fsp3) is 0.385. The highest BCUT2D eigenvalue weighted by Gasteiger charge is 2.25. The Balaban J connectivity index is 1.76. The van der Waals surface area contributed by atoms with Crippen molar-refractivity contribution in [2.24, 2.45) is 0 Å². The zero-order valence-corrected chi connectivity index (χ0v) is 11.5. The van der Waals surface area contributed by atoms with E-state index in [-0.39, 0.29) is 11.9 Å². The number of amides is 1.